The van der Waals surface area contributed by atoms with Gasteiger partial charge in [-0.15, -0.1) is 0 Å². The van der Waals surface area contributed by atoms with E-state index in [2.05, 4.69) is 117 Å². The van der Waals surface area contributed by atoms with Crippen LogP contribution >= 0.6 is 0 Å². The van der Waals surface area contributed by atoms with E-state index in [1.165, 1.54) is 22.8 Å². The maximum atomic E-state index is 4.65. The van der Waals surface area contributed by atoms with Crippen LogP contribution in [0.3, 0.4) is 0 Å². The summed E-state index contributed by atoms with van der Waals surface area (Å²) >= 11 is 0. The normalized spacial score (nSPS) is 12.9. The van der Waals surface area contributed by atoms with Gasteiger partial charge in [-0.2, -0.15) is 22.8 Å². The Hall–Kier alpha value is 0.131. The van der Waals surface area contributed by atoms with Gasteiger partial charge in [0.2, 0.25) is 0 Å². The van der Waals surface area contributed by atoms with Crippen LogP contribution in [0, 0.1) is 0 Å². The molecule has 0 bridgehead atoms. The maximum absolute atomic E-state index is 4.65. The van der Waals surface area contributed by atoms with Crippen molar-refractivity contribution >= 4 is 48.9 Å². The molecule has 2 aromatic heterocycles. The fourth-order valence-corrected chi connectivity index (χ4v) is 2.40. The Bertz CT molecular complexity index is 573. The van der Waals surface area contributed by atoms with Gasteiger partial charge in [-0.05, 0) is 21.7 Å². The average Bonchev–Trinajstić information content (AvgIpc) is 3.06. The van der Waals surface area contributed by atoms with Crippen molar-refractivity contribution in [2.24, 2.45) is 0 Å². The first kappa shape index (κ1) is 27.1. The fourth-order valence-electron chi connectivity index (χ4n) is 2.40. The molecule has 0 saturated heterocycles. The van der Waals surface area contributed by atoms with Gasteiger partial charge in [-0.25, -0.2) is 0 Å². The van der Waals surface area contributed by atoms with E-state index in [4.69, 9.17) is 0 Å². The van der Waals surface area contributed by atoms with Gasteiger partial charge in [0.05, 0.1) is 0 Å². The van der Waals surface area contributed by atoms with E-state index in [1.807, 2.05) is 0 Å². The average molecular weight is 494 g/mol. The van der Waals surface area contributed by atoms with Crippen LogP contribution in [0.4, 0.5) is 0 Å². The Morgan fingerprint density at radius 2 is 0.556 bits per heavy atom. The van der Waals surface area contributed by atoms with E-state index >= 15 is 0 Å². The summed E-state index contributed by atoms with van der Waals surface area (Å²) in [7, 11) is 0. The van der Waals surface area contributed by atoms with Crippen molar-refractivity contribution in [2.45, 2.75) is 105 Å². The van der Waals surface area contributed by atoms with Crippen molar-refractivity contribution in [3.63, 3.8) is 0 Å². The predicted octanol–water partition coefficient (Wildman–Crippen LogP) is 6.10. The second-order valence-corrected chi connectivity index (χ2v) is 11.4. The first-order valence-electron chi connectivity index (χ1n) is 9.72. The monoisotopic (exact) mass is 494 g/mol. The van der Waals surface area contributed by atoms with Crippen molar-refractivity contribution in [3.05, 3.63) is 47.0 Å². The summed E-state index contributed by atoms with van der Waals surface area (Å²) in [5.74, 6) is 0. The molecule has 0 fully saturated rings. The Labute approximate surface area is 208 Å². The van der Waals surface area contributed by atoms with E-state index in [9.17, 15) is 0 Å². The second kappa shape index (κ2) is 9.30. The smallest absolute Gasteiger partial charge is 0.664 e. The van der Waals surface area contributed by atoms with E-state index in [1.54, 1.807) is 0 Å². The standard InChI is InChI=1S/2C12H20N.Ba/c2*1-11(2,3)9-7-8-10(13-9)12(4,5)6;/h2*7-8H,1-6H3;/q2*-1;+2. The van der Waals surface area contributed by atoms with E-state index in [-0.39, 0.29) is 70.5 Å². The van der Waals surface area contributed by atoms with Gasteiger partial charge < -0.3 is 9.97 Å². The van der Waals surface area contributed by atoms with Crippen molar-refractivity contribution in [3.8, 4) is 0 Å². The zero-order valence-electron chi connectivity index (χ0n) is 19.9. The molecule has 0 radical (unpaired) electrons. The molecule has 0 aromatic carbocycles. The minimum Gasteiger partial charge on any atom is -0.664 e. The Morgan fingerprint density at radius 3 is 0.630 bits per heavy atom. The summed E-state index contributed by atoms with van der Waals surface area (Å²) < 4.78 is 0. The van der Waals surface area contributed by atoms with Gasteiger partial charge in [0, 0.05) is 0 Å². The van der Waals surface area contributed by atoms with Gasteiger partial charge in [0.25, 0.3) is 0 Å². The molecule has 0 unspecified atom stereocenters. The molecule has 2 rings (SSSR count). The SMILES string of the molecule is CC(C)(C)c1ccc(C(C)(C)C)[n-]1.CC(C)(C)c1ccc(C(C)(C)C)[n-]1.[Ba+2]. The minimum absolute atomic E-state index is 0. The van der Waals surface area contributed by atoms with Gasteiger partial charge in [0.1, 0.15) is 0 Å². The molecule has 0 spiro atoms. The van der Waals surface area contributed by atoms with E-state index in [0.29, 0.717) is 0 Å². The molecule has 0 aliphatic heterocycles. The topological polar surface area (TPSA) is 28.2 Å². The third-order valence-electron chi connectivity index (χ3n) is 4.35. The van der Waals surface area contributed by atoms with Crippen LogP contribution in [0.15, 0.2) is 24.3 Å². The molecule has 27 heavy (non-hydrogen) atoms. The molecule has 2 nitrogen and oxygen atoms in total. The summed E-state index contributed by atoms with van der Waals surface area (Å²) in [5, 5.41) is 0. The molecular formula is C24H40BaN2. The van der Waals surface area contributed by atoms with Crippen LogP contribution < -0.4 is 9.97 Å². The minimum atomic E-state index is 0. The van der Waals surface area contributed by atoms with E-state index < -0.39 is 0 Å². The fraction of sp³-hybridized carbons (Fsp3) is 0.667. The summed E-state index contributed by atoms with van der Waals surface area (Å²) in [4.78, 5) is 9.31. The molecule has 2 aromatic rings. The van der Waals surface area contributed by atoms with Crippen LogP contribution in [0.25, 0.3) is 0 Å². The first-order chi connectivity index (χ1) is 11.4. The second-order valence-electron chi connectivity index (χ2n) is 11.4. The summed E-state index contributed by atoms with van der Waals surface area (Å²) in [6.45, 7) is 26.4. The largest absolute Gasteiger partial charge is 2.00 e. The van der Waals surface area contributed by atoms with Crippen molar-refractivity contribution in [1.29, 1.82) is 0 Å². The molecule has 3 heteroatoms. The Balaban J connectivity index is 0.000000483. The Kier molecular flexibility index (Phi) is 9.34. The zero-order chi connectivity index (χ0) is 20.6. The van der Waals surface area contributed by atoms with Gasteiger partial charge in [-0.1, -0.05) is 107 Å². The number of hydrogen-bond acceptors (Lipinski definition) is 0. The molecule has 148 valence electrons. The van der Waals surface area contributed by atoms with Crippen LogP contribution in [0.2, 0.25) is 0 Å². The molecule has 2 heterocycles. The molecule has 0 aliphatic carbocycles. The Morgan fingerprint density at radius 1 is 0.407 bits per heavy atom. The summed E-state index contributed by atoms with van der Waals surface area (Å²) in [5.41, 5.74) is 5.45. The van der Waals surface area contributed by atoms with Gasteiger partial charge in [-0.3, -0.25) is 0 Å². The van der Waals surface area contributed by atoms with Crippen molar-refractivity contribution in [1.82, 2.24) is 9.97 Å². The molecule has 0 amide bonds. The maximum Gasteiger partial charge on any atom is 2.00 e. The molecule has 0 aliphatic rings. The molecule has 0 saturated carbocycles. The third kappa shape index (κ3) is 8.57. The van der Waals surface area contributed by atoms with Crippen LogP contribution in [0.5, 0.6) is 0 Å². The molecular weight excluding hydrogens is 454 g/mol. The van der Waals surface area contributed by atoms with Crippen molar-refractivity contribution in [2.75, 3.05) is 0 Å². The molecule has 0 N–H and O–H groups in total. The molecule has 0 atom stereocenters. The van der Waals surface area contributed by atoms with Crippen LogP contribution in [-0.4, -0.2) is 48.9 Å². The number of aromatic nitrogens is 2. The van der Waals surface area contributed by atoms with Crippen molar-refractivity contribution < 1.29 is 0 Å². The zero-order valence-corrected chi connectivity index (χ0v) is 24.4. The third-order valence-corrected chi connectivity index (χ3v) is 4.35. The van der Waals surface area contributed by atoms with Crippen LogP contribution in [0.1, 0.15) is 106 Å². The number of hydrogen-bond donors (Lipinski definition) is 0. The van der Waals surface area contributed by atoms with Crippen LogP contribution in [-0.2, 0) is 21.7 Å². The van der Waals surface area contributed by atoms with E-state index in [0.717, 1.165) is 0 Å². The quantitative estimate of drug-likeness (QED) is 0.415. The summed E-state index contributed by atoms with van der Waals surface area (Å²) in [6, 6.07) is 8.56. The van der Waals surface area contributed by atoms with Gasteiger partial charge in [0.15, 0.2) is 0 Å². The number of rotatable bonds is 0. The predicted molar refractivity (Wildman–Crippen MR) is 120 cm³/mol. The van der Waals surface area contributed by atoms with Gasteiger partial charge >= 0.3 is 48.9 Å². The number of nitrogens with zero attached hydrogens (tertiary/aromatic N) is 2. The first-order valence-corrected chi connectivity index (χ1v) is 9.72. The summed E-state index contributed by atoms with van der Waals surface area (Å²) in [6.07, 6.45) is 0.